The van der Waals surface area contributed by atoms with E-state index in [-0.39, 0.29) is 17.9 Å². The van der Waals surface area contributed by atoms with Crippen molar-refractivity contribution >= 4 is 28.6 Å². The van der Waals surface area contributed by atoms with E-state index in [4.69, 9.17) is 16.0 Å². The number of piperidine rings is 1. The number of aromatic nitrogens is 1. The predicted octanol–water partition coefficient (Wildman–Crippen LogP) is 4.54. The average Bonchev–Trinajstić information content (AvgIpc) is 3.16. The first-order chi connectivity index (χ1) is 13.6. The average molecular weight is 398 g/mol. The van der Waals surface area contributed by atoms with Crippen LogP contribution in [0.2, 0.25) is 5.02 Å². The highest BCUT2D eigenvalue weighted by atomic mass is 35.5. The lowest BCUT2D eigenvalue weighted by molar-refractivity contribution is -0.131. The van der Waals surface area contributed by atoms with Gasteiger partial charge in [-0.3, -0.25) is 4.79 Å². The van der Waals surface area contributed by atoms with Crippen LogP contribution in [0.4, 0.5) is 0 Å². The number of carbonyl (C=O) groups is 1. The molecule has 0 unspecified atom stereocenters. The van der Waals surface area contributed by atoms with Gasteiger partial charge in [0.2, 0.25) is 5.91 Å². The maximum absolute atomic E-state index is 12.6. The minimum absolute atomic E-state index is 0.0958. The summed E-state index contributed by atoms with van der Waals surface area (Å²) in [4.78, 5) is 19.1. The topological polar surface area (TPSA) is 58.4 Å². The van der Waals surface area contributed by atoms with E-state index in [2.05, 4.69) is 17.2 Å². The highest BCUT2D eigenvalue weighted by molar-refractivity contribution is 6.30. The van der Waals surface area contributed by atoms with Gasteiger partial charge < -0.3 is 14.6 Å². The zero-order valence-corrected chi connectivity index (χ0v) is 16.7. The van der Waals surface area contributed by atoms with Gasteiger partial charge in [0.25, 0.3) is 0 Å². The molecule has 1 aromatic heterocycles. The lowest BCUT2D eigenvalue weighted by Gasteiger charge is -2.31. The summed E-state index contributed by atoms with van der Waals surface area (Å²) in [5, 5.41) is 4.03. The minimum Gasteiger partial charge on any atom is -0.440 e. The van der Waals surface area contributed by atoms with Gasteiger partial charge in [-0.05, 0) is 49.6 Å². The van der Waals surface area contributed by atoms with Gasteiger partial charge in [-0.25, -0.2) is 4.98 Å². The molecule has 6 heteroatoms. The van der Waals surface area contributed by atoms with E-state index in [1.807, 2.05) is 53.4 Å². The fourth-order valence-corrected chi connectivity index (χ4v) is 3.79. The first-order valence-corrected chi connectivity index (χ1v) is 10.1. The fraction of sp³-hybridized carbons (Fsp3) is 0.364. The van der Waals surface area contributed by atoms with Crippen molar-refractivity contribution in [3.05, 3.63) is 65.0 Å². The molecular formula is C22H24ClN3O2. The number of halogens is 1. The zero-order valence-electron chi connectivity index (χ0n) is 15.9. The molecule has 1 amide bonds. The summed E-state index contributed by atoms with van der Waals surface area (Å²) in [5.74, 6) is 1.21. The molecule has 2 heterocycles. The van der Waals surface area contributed by atoms with Gasteiger partial charge in [0.1, 0.15) is 5.52 Å². The van der Waals surface area contributed by atoms with Crippen molar-refractivity contribution in [1.82, 2.24) is 15.2 Å². The highest BCUT2D eigenvalue weighted by Gasteiger charge is 2.27. The van der Waals surface area contributed by atoms with Crippen LogP contribution >= 0.6 is 11.6 Å². The highest BCUT2D eigenvalue weighted by Crippen LogP contribution is 2.29. The molecule has 1 aliphatic heterocycles. The Kier molecular flexibility index (Phi) is 5.64. The van der Waals surface area contributed by atoms with Gasteiger partial charge in [0.05, 0.1) is 6.54 Å². The van der Waals surface area contributed by atoms with Gasteiger partial charge >= 0.3 is 0 Å². The van der Waals surface area contributed by atoms with E-state index in [0.717, 1.165) is 48.5 Å². The summed E-state index contributed by atoms with van der Waals surface area (Å²) < 4.78 is 5.90. The van der Waals surface area contributed by atoms with Crippen molar-refractivity contribution in [2.45, 2.75) is 31.7 Å². The maximum Gasteiger partial charge on any atom is 0.236 e. The lowest BCUT2D eigenvalue weighted by atomic mass is 9.96. The number of oxazole rings is 1. The zero-order chi connectivity index (χ0) is 19.5. The Labute approximate surface area is 169 Å². The third kappa shape index (κ3) is 4.21. The van der Waals surface area contributed by atoms with Crippen molar-refractivity contribution in [2.75, 3.05) is 19.6 Å². The van der Waals surface area contributed by atoms with E-state index < -0.39 is 0 Å². The van der Waals surface area contributed by atoms with Crippen LogP contribution in [-0.4, -0.2) is 35.4 Å². The molecule has 5 nitrogen and oxygen atoms in total. The van der Waals surface area contributed by atoms with Gasteiger partial charge in [-0.15, -0.1) is 0 Å². The normalized spacial score (nSPS) is 16.4. The first-order valence-electron chi connectivity index (χ1n) is 9.72. The van der Waals surface area contributed by atoms with Crippen LogP contribution in [0.5, 0.6) is 0 Å². The third-order valence-corrected chi connectivity index (χ3v) is 5.69. The molecule has 0 bridgehead atoms. The van der Waals surface area contributed by atoms with Crippen molar-refractivity contribution in [2.24, 2.45) is 0 Å². The Morgan fingerprint density at radius 3 is 2.64 bits per heavy atom. The number of fused-ring (bicyclic) bond motifs is 1. The smallest absolute Gasteiger partial charge is 0.236 e. The molecule has 0 spiro atoms. The molecule has 0 radical (unpaired) electrons. The Morgan fingerprint density at radius 2 is 1.93 bits per heavy atom. The van der Waals surface area contributed by atoms with Crippen LogP contribution in [0.15, 0.2) is 52.9 Å². The molecular weight excluding hydrogens is 374 g/mol. The summed E-state index contributed by atoms with van der Waals surface area (Å²) in [6.07, 6.45) is 1.76. The van der Waals surface area contributed by atoms with Crippen molar-refractivity contribution in [1.29, 1.82) is 0 Å². The van der Waals surface area contributed by atoms with Crippen molar-refractivity contribution in [3.8, 4) is 0 Å². The standard InChI is InChI=1S/C22H24ClN3O2/c1-15(16-6-8-18(23)9-7-16)24-14-21(27)26-12-10-17(11-13-26)22-25-19-4-2-3-5-20(19)28-22/h2-9,15,17,24H,10-14H2,1H3/t15-/m0/s1. The van der Waals surface area contributed by atoms with Crippen LogP contribution in [-0.2, 0) is 4.79 Å². The fourth-order valence-electron chi connectivity index (χ4n) is 3.66. The number of nitrogens with zero attached hydrogens (tertiary/aromatic N) is 2. The molecule has 2 aromatic carbocycles. The van der Waals surface area contributed by atoms with E-state index in [0.29, 0.717) is 11.6 Å². The summed E-state index contributed by atoms with van der Waals surface area (Å²) in [6.45, 7) is 3.85. The number of nitrogens with one attached hydrogen (secondary N) is 1. The molecule has 1 atom stereocenters. The molecule has 1 aliphatic rings. The summed E-state index contributed by atoms with van der Waals surface area (Å²) in [5.41, 5.74) is 2.85. The Bertz CT molecular complexity index is 913. The van der Waals surface area contributed by atoms with Crippen LogP contribution in [0.3, 0.4) is 0 Å². The molecule has 1 N–H and O–H groups in total. The number of benzene rings is 2. The first kappa shape index (κ1) is 19.0. The number of hydrogen-bond donors (Lipinski definition) is 1. The Morgan fingerprint density at radius 1 is 1.21 bits per heavy atom. The summed E-state index contributed by atoms with van der Waals surface area (Å²) in [6, 6.07) is 15.6. The SMILES string of the molecule is C[C@H](NCC(=O)N1CCC(c2nc3ccccc3o2)CC1)c1ccc(Cl)cc1. The van der Waals surface area contributed by atoms with Crippen LogP contribution in [0, 0.1) is 0 Å². The van der Waals surface area contributed by atoms with Crippen molar-refractivity contribution < 1.29 is 9.21 Å². The third-order valence-electron chi connectivity index (χ3n) is 5.44. The van der Waals surface area contributed by atoms with Crippen molar-refractivity contribution in [3.63, 3.8) is 0 Å². The summed E-state index contributed by atoms with van der Waals surface area (Å²) >= 11 is 5.93. The van der Waals surface area contributed by atoms with Crippen LogP contribution in [0.1, 0.15) is 43.2 Å². The number of carbonyl (C=O) groups excluding carboxylic acids is 1. The molecule has 4 rings (SSSR count). The monoisotopic (exact) mass is 397 g/mol. The van der Waals surface area contributed by atoms with E-state index in [1.54, 1.807) is 0 Å². The second-order valence-electron chi connectivity index (χ2n) is 7.33. The Hall–Kier alpha value is -2.37. The second kappa shape index (κ2) is 8.33. The predicted molar refractivity (Wildman–Crippen MR) is 110 cm³/mol. The minimum atomic E-state index is 0.0958. The second-order valence-corrected chi connectivity index (χ2v) is 7.77. The van der Waals surface area contributed by atoms with Crippen LogP contribution < -0.4 is 5.32 Å². The van der Waals surface area contributed by atoms with E-state index in [9.17, 15) is 4.79 Å². The molecule has 0 aliphatic carbocycles. The number of rotatable bonds is 5. The van der Waals surface area contributed by atoms with Gasteiger partial charge in [-0.1, -0.05) is 35.9 Å². The van der Waals surface area contributed by atoms with Gasteiger partial charge in [-0.2, -0.15) is 0 Å². The number of amides is 1. The lowest BCUT2D eigenvalue weighted by Crippen LogP contribution is -2.43. The van der Waals surface area contributed by atoms with E-state index in [1.165, 1.54) is 0 Å². The number of likely N-dealkylation sites (tertiary alicyclic amines) is 1. The van der Waals surface area contributed by atoms with Gasteiger partial charge in [0, 0.05) is 30.1 Å². The largest absolute Gasteiger partial charge is 0.440 e. The molecule has 0 saturated carbocycles. The van der Waals surface area contributed by atoms with E-state index >= 15 is 0 Å². The number of hydrogen-bond acceptors (Lipinski definition) is 4. The summed E-state index contributed by atoms with van der Waals surface area (Å²) in [7, 11) is 0. The quantitative estimate of drug-likeness (QED) is 0.686. The molecule has 28 heavy (non-hydrogen) atoms. The molecule has 146 valence electrons. The maximum atomic E-state index is 12.6. The molecule has 1 fully saturated rings. The van der Waals surface area contributed by atoms with Crippen LogP contribution in [0.25, 0.3) is 11.1 Å². The Balaban J connectivity index is 1.28. The molecule has 3 aromatic rings. The number of para-hydroxylation sites is 2. The molecule has 1 saturated heterocycles. The van der Waals surface area contributed by atoms with Gasteiger partial charge in [0.15, 0.2) is 11.5 Å².